The number of aromatic nitrogens is 2. The Morgan fingerprint density at radius 2 is 2.13 bits per heavy atom. The van der Waals surface area contributed by atoms with Gasteiger partial charge in [-0.15, -0.1) is 0 Å². The zero-order valence-electron chi connectivity index (χ0n) is 17.2. The van der Waals surface area contributed by atoms with Crippen molar-refractivity contribution in [3.05, 3.63) is 35.7 Å². The maximum atomic E-state index is 11.6. The Morgan fingerprint density at radius 1 is 1.37 bits per heavy atom. The van der Waals surface area contributed by atoms with Crippen LogP contribution in [0.3, 0.4) is 0 Å². The summed E-state index contributed by atoms with van der Waals surface area (Å²) >= 11 is 0. The predicted octanol–water partition coefficient (Wildman–Crippen LogP) is 0.372. The third kappa shape index (κ3) is 5.75. The minimum Gasteiger partial charge on any atom is -0.665 e. The fraction of sp³-hybridized carbons (Fsp3) is 0.444. The van der Waals surface area contributed by atoms with E-state index < -0.39 is 32.9 Å². The second-order valence-corrected chi connectivity index (χ2v) is 14.0. The Hall–Kier alpha value is -2.54. The van der Waals surface area contributed by atoms with Crippen LogP contribution in [0.25, 0.3) is 0 Å². The smallest absolute Gasteiger partial charge is 0.467 e. The lowest BCUT2D eigenvalue weighted by molar-refractivity contribution is -0.255. The number of carbonyl (C=O) groups is 1. The van der Waals surface area contributed by atoms with Gasteiger partial charge in [-0.3, -0.25) is 0 Å². The highest BCUT2D eigenvalue weighted by Crippen LogP contribution is 2.40. The molecule has 0 spiro atoms. The normalized spacial score (nSPS) is 15.1. The van der Waals surface area contributed by atoms with E-state index in [4.69, 9.17) is 18.9 Å². The van der Waals surface area contributed by atoms with Crippen LogP contribution >= 0.6 is 0 Å². The standard InChI is InChI=1S/C18H26BN2O8Si/c1-30(2,3)7-6-26-12-21-9-13(8-20-21)10-27-14-4-5-15-17(16(14)18(22)23)29-19(24,25)11-28-15/h4-5,8-9,24-25H,6-7,10-12H2,1-3H3,(H,22,23)/q-1/p-1. The molecule has 0 unspecified atom stereocenters. The molecule has 0 saturated heterocycles. The van der Waals surface area contributed by atoms with Gasteiger partial charge in [-0.05, 0) is 18.2 Å². The number of hydrogen-bond acceptors (Lipinski definition) is 9. The molecule has 10 nitrogen and oxygen atoms in total. The van der Waals surface area contributed by atoms with Crippen LogP contribution in [0.5, 0.6) is 17.2 Å². The number of carboxylic acid groups (broad SMARTS) is 1. The molecule has 1 aliphatic heterocycles. The molecule has 1 aromatic carbocycles. The molecule has 0 aliphatic carbocycles. The Morgan fingerprint density at radius 3 is 2.83 bits per heavy atom. The lowest BCUT2D eigenvalue weighted by atomic mass is 9.80. The van der Waals surface area contributed by atoms with Gasteiger partial charge >= 0.3 is 6.75 Å². The molecular formula is C18H25BN2O8Si-2. The first-order valence-corrected chi connectivity index (χ1v) is 13.3. The van der Waals surface area contributed by atoms with Crippen molar-refractivity contribution in [2.45, 2.75) is 39.0 Å². The zero-order chi connectivity index (χ0) is 21.9. The second-order valence-electron chi connectivity index (χ2n) is 8.37. The maximum absolute atomic E-state index is 11.6. The number of benzene rings is 1. The average molecular weight is 436 g/mol. The number of ether oxygens (including phenoxy) is 3. The first-order valence-electron chi connectivity index (χ1n) is 9.56. The van der Waals surface area contributed by atoms with Gasteiger partial charge in [0, 0.05) is 26.4 Å². The highest BCUT2D eigenvalue weighted by Gasteiger charge is 2.33. The summed E-state index contributed by atoms with van der Waals surface area (Å²) in [5.74, 6) is -1.92. The summed E-state index contributed by atoms with van der Waals surface area (Å²) in [6.07, 6.45) is 3.33. The lowest BCUT2D eigenvalue weighted by Gasteiger charge is -2.37. The largest absolute Gasteiger partial charge is 0.665 e. The number of fused-ring (bicyclic) bond motifs is 1. The van der Waals surface area contributed by atoms with E-state index >= 15 is 0 Å². The molecule has 2 heterocycles. The highest BCUT2D eigenvalue weighted by atomic mass is 28.3. The topological polar surface area (TPSA) is 135 Å². The van der Waals surface area contributed by atoms with Crippen molar-refractivity contribution in [1.82, 2.24) is 9.78 Å². The Balaban J connectivity index is 1.64. The number of carboxylic acids is 1. The van der Waals surface area contributed by atoms with Crippen molar-refractivity contribution < 1.29 is 38.8 Å². The molecule has 164 valence electrons. The van der Waals surface area contributed by atoms with Crippen LogP contribution in [-0.2, 0) is 18.1 Å². The van der Waals surface area contributed by atoms with Gasteiger partial charge in [0.2, 0.25) is 0 Å². The molecule has 1 aromatic heterocycles. The van der Waals surface area contributed by atoms with Crippen molar-refractivity contribution in [3.63, 3.8) is 0 Å². The van der Waals surface area contributed by atoms with Gasteiger partial charge in [-0.2, -0.15) is 5.10 Å². The third-order valence-electron chi connectivity index (χ3n) is 4.35. The SMILES string of the molecule is C[Si](C)(C)CCOCn1cc(COc2ccc3c(c2C(=O)[O-])O[B-](O)(O)CO3)cn1. The number of nitrogens with zero attached hydrogens (tertiary/aromatic N) is 2. The molecule has 2 aromatic rings. The van der Waals surface area contributed by atoms with Crippen LogP contribution in [0.1, 0.15) is 15.9 Å². The molecule has 0 radical (unpaired) electrons. The third-order valence-corrected chi connectivity index (χ3v) is 6.06. The van der Waals surface area contributed by atoms with E-state index in [1.807, 2.05) is 0 Å². The second kappa shape index (κ2) is 8.68. The molecule has 0 saturated carbocycles. The van der Waals surface area contributed by atoms with Gasteiger partial charge in [0.15, 0.2) is 5.75 Å². The van der Waals surface area contributed by atoms with Crippen LogP contribution in [0.15, 0.2) is 24.5 Å². The molecule has 2 N–H and O–H groups in total. The maximum Gasteiger partial charge on any atom is 0.467 e. The monoisotopic (exact) mass is 436 g/mol. The molecule has 12 heteroatoms. The number of hydrogen-bond donors (Lipinski definition) is 2. The summed E-state index contributed by atoms with van der Waals surface area (Å²) in [7, 11) is -1.15. The minimum atomic E-state index is -3.32. The predicted molar refractivity (Wildman–Crippen MR) is 108 cm³/mol. The number of carbonyl (C=O) groups excluding carboxylic acids is 1. The van der Waals surface area contributed by atoms with Crippen molar-refractivity contribution in [2.24, 2.45) is 0 Å². The summed E-state index contributed by atoms with van der Waals surface area (Å²) in [5.41, 5.74) is 0.245. The Labute approximate surface area is 175 Å². The lowest BCUT2D eigenvalue weighted by Crippen LogP contribution is -2.51. The summed E-state index contributed by atoms with van der Waals surface area (Å²) in [4.78, 5) is 11.6. The molecular weight excluding hydrogens is 411 g/mol. The van der Waals surface area contributed by atoms with E-state index in [1.165, 1.54) is 12.1 Å². The van der Waals surface area contributed by atoms with E-state index in [1.54, 1.807) is 17.1 Å². The molecule has 0 fully saturated rings. The van der Waals surface area contributed by atoms with E-state index in [0.717, 1.165) is 6.04 Å². The van der Waals surface area contributed by atoms with Crippen LogP contribution in [0.4, 0.5) is 0 Å². The molecule has 30 heavy (non-hydrogen) atoms. The van der Waals surface area contributed by atoms with Crippen molar-refractivity contribution in [3.8, 4) is 17.2 Å². The van der Waals surface area contributed by atoms with Crippen LogP contribution in [-0.4, -0.2) is 53.7 Å². The van der Waals surface area contributed by atoms with Gasteiger partial charge in [-0.25, -0.2) is 4.68 Å². The summed E-state index contributed by atoms with van der Waals surface area (Å²) in [6.45, 7) is 4.03. The average Bonchev–Trinajstić information content (AvgIpc) is 3.09. The van der Waals surface area contributed by atoms with Crippen LogP contribution in [0, 0.1) is 0 Å². The van der Waals surface area contributed by atoms with Crippen molar-refractivity contribution in [1.29, 1.82) is 0 Å². The fourth-order valence-electron chi connectivity index (χ4n) is 2.76. The van der Waals surface area contributed by atoms with Gasteiger partial charge in [0.05, 0.1) is 24.2 Å². The van der Waals surface area contributed by atoms with E-state index in [0.29, 0.717) is 18.9 Å². The van der Waals surface area contributed by atoms with Crippen LogP contribution < -0.4 is 19.2 Å². The summed E-state index contributed by atoms with van der Waals surface area (Å²) in [5, 5.41) is 35.1. The van der Waals surface area contributed by atoms with E-state index in [-0.39, 0.29) is 23.9 Å². The van der Waals surface area contributed by atoms with Gasteiger partial charge in [-0.1, -0.05) is 19.6 Å². The quantitative estimate of drug-likeness (QED) is 0.422. The molecule has 0 bridgehead atoms. The molecule has 0 atom stereocenters. The first kappa shape index (κ1) is 22.2. The molecule has 0 amide bonds. The first-order chi connectivity index (χ1) is 14.0. The number of aromatic carboxylic acids is 1. The zero-order valence-corrected chi connectivity index (χ0v) is 18.2. The van der Waals surface area contributed by atoms with E-state index in [2.05, 4.69) is 24.7 Å². The Bertz CT molecular complexity index is 912. The summed E-state index contributed by atoms with van der Waals surface area (Å²) in [6, 6.07) is 3.88. The molecule has 3 rings (SSSR count). The van der Waals surface area contributed by atoms with E-state index in [9.17, 15) is 19.9 Å². The van der Waals surface area contributed by atoms with Crippen molar-refractivity contribution >= 4 is 20.8 Å². The summed E-state index contributed by atoms with van der Waals surface area (Å²) < 4.78 is 23.0. The van der Waals surface area contributed by atoms with Crippen molar-refractivity contribution in [2.75, 3.05) is 13.1 Å². The van der Waals surface area contributed by atoms with Gasteiger partial charge in [0.1, 0.15) is 24.8 Å². The van der Waals surface area contributed by atoms with Crippen LogP contribution in [0.2, 0.25) is 25.7 Å². The minimum absolute atomic E-state index is 0.0311. The number of rotatable bonds is 9. The fourth-order valence-corrected chi connectivity index (χ4v) is 3.52. The van der Waals surface area contributed by atoms with Gasteiger partial charge < -0.3 is 38.8 Å². The molecule has 1 aliphatic rings. The van der Waals surface area contributed by atoms with Gasteiger partial charge in [0.25, 0.3) is 0 Å². The Kier molecular flexibility index (Phi) is 6.41. The highest BCUT2D eigenvalue weighted by molar-refractivity contribution is 6.76.